The fourth-order valence-electron chi connectivity index (χ4n) is 1.34. The summed E-state index contributed by atoms with van der Waals surface area (Å²) in [5, 5.41) is 2.92. The lowest BCUT2D eigenvalue weighted by Crippen LogP contribution is -2.25. The molecule has 88 valence electrons. The number of nitrogens with one attached hydrogen (secondary N) is 1. The minimum absolute atomic E-state index is 0.00308. The van der Waals surface area contributed by atoms with Gasteiger partial charge in [-0.25, -0.2) is 0 Å². The Morgan fingerprint density at radius 2 is 2.25 bits per heavy atom. The van der Waals surface area contributed by atoms with Gasteiger partial charge in [-0.05, 0) is 52.9 Å². The van der Waals surface area contributed by atoms with Crippen LogP contribution in [0, 0.1) is 6.92 Å². The topological polar surface area (TPSA) is 29.1 Å². The van der Waals surface area contributed by atoms with Crippen LogP contribution in [0.3, 0.4) is 0 Å². The average Bonchev–Trinajstić information content (AvgIpc) is 2.28. The van der Waals surface area contributed by atoms with E-state index in [9.17, 15) is 4.79 Å². The fourth-order valence-corrected chi connectivity index (χ4v) is 2.21. The van der Waals surface area contributed by atoms with Crippen LogP contribution in [0.15, 0.2) is 22.7 Å². The number of carbonyl (C=O) groups is 1. The Hall–Kier alpha value is -0.480. The van der Waals surface area contributed by atoms with Crippen LogP contribution in [-0.4, -0.2) is 24.5 Å². The van der Waals surface area contributed by atoms with Crippen LogP contribution in [-0.2, 0) is 0 Å². The largest absolute Gasteiger partial charge is 0.352 e. The Morgan fingerprint density at radius 1 is 1.50 bits per heavy atom. The summed E-state index contributed by atoms with van der Waals surface area (Å²) in [5.41, 5.74) is 1.79. The van der Waals surface area contributed by atoms with Gasteiger partial charge in [0, 0.05) is 11.0 Å². The Labute approximate surface area is 109 Å². The minimum atomic E-state index is -0.00308. The second-order valence-corrected chi connectivity index (χ2v) is 5.32. The number of rotatable bonds is 5. The molecule has 0 spiro atoms. The first-order valence-electron chi connectivity index (χ1n) is 5.19. The highest BCUT2D eigenvalue weighted by molar-refractivity contribution is 9.10. The van der Waals surface area contributed by atoms with Crippen molar-refractivity contribution in [2.45, 2.75) is 13.3 Å². The zero-order valence-corrected chi connectivity index (χ0v) is 12.0. The van der Waals surface area contributed by atoms with Crippen LogP contribution < -0.4 is 5.32 Å². The number of halogens is 1. The molecule has 0 atom stereocenters. The number of carbonyl (C=O) groups excluding carboxylic acids is 1. The average molecular weight is 302 g/mol. The molecule has 0 aliphatic rings. The molecule has 0 bridgehead atoms. The monoisotopic (exact) mass is 301 g/mol. The Balaban J connectivity index is 2.56. The lowest BCUT2D eigenvalue weighted by molar-refractivity contribution is 0.0953. The predicted molar refractivity (Wildman–Crippen MR) is 74.2 cm³/mol. The van der Waals surface area contributed by atoms with E-state index in [-0.39, 0.29) is 5.91 Å². The molecule has 0 aromatic heterocycles. The number of hydrogen-bond acceptors (Lipinski definition) is 2. The van der Waals surface area contributed by atoms with Gasteiger partial charge in [-0.15, -0.1) is 0 Å². The highest BCUT2D eigenvalue weighted by Crippen LogP contribution is 2.20. The van der Waals surface area contributed by atoms with Gasteiger partial charge in [0.25, 0.3) is 5.91 Å². The maximum atomic E-state index is 11.8. The van der Waals surface area contributed by atoms with Crippen molar-refractivity contribution in [3.63, 3.8) is 0 Å². The minimum Gasteiger partial charge on any atom is -0.352 e. The van der Waals surface area contributed by atoms with Gasteiger partial charge in [0.05, 0.1) is 5.56 Å². The Bertz CT molecular complexity index is 368. The molecule has 4 heteroatoms. The van der Waals surface area contributed by atoms with Crippen LogP contribution in [0.2, 0.25) is 0 Å². The summed E-state index contributed by atoms with van der Waals surface area (Å²) < 4.78 is 0.886. The van der Waals surface area contributed by atoms with E-state index < -0.39 is 0 Å². The predicted octanol–water partition coefficient (Wildman–Crippen LogP) is 3.24. The molecule has 16 heavy (non-hydrogen) atoms. The molecule has 0 aliphatic heterocycles. The van der Waals surface area contributed by atoms with E-state index in [1.807, 2.05) is 25.1 Å². The van der Waals surface area contributed by atoms with Gasteiger partial charge in [-0.3, -0.25) is 4.79 Å². The van der Waals surface area contributed by atoms with Gasteiger partial charge in [0.1, 0.15) is 0 Å². The Morgan fingerprint density at radius 3 is 2.94 bits per heavy atom. The van der Waals surface area contributed by atoms with Gasteiger partial charge in [-0.1, -0.05) is 12.1 Å². The molecule has 0 heterocycles. The van der Waals surface area contributed by atoms with Gasteiger partial charge in [-0.2, -0.15) is 11.8 Å². The summed E-state index contributed by atoms with van der Waals surface area (Å²) in [5.74, 6) is 1.08. The molecule has 0 saturated carbocycles. The van der Waals surface area contributed by atoms with Gasteiger partial charge >= 0.3 is 0 Å². The summed E-state index contributed by atoms with van der Waals surface area (Å²) in [6.45, 7) is 2.72. The van der Waals surface area contributed by atoms with Crippen molar-refractivity contribution in [3.8, 4) is 0 Å². The van der Waals surface area contributed by atoms with Crippen LogP contribution in [0.4, 0.5) is 0 Å². The van der Waals surface area contributed by atoms with E-state index in [4.69, 9.17) is 0 Å². The highest BCUT2D eigenvalue weighted by atomic mass is 79.9. The van der Waals surface area contributed by atoms with Gasteiger partial charge in [0.2, 0.25) is 0 Å². The summed E-state index contributed by atoms with van der Waals surface area (Å²) in [6, 6.07) is 5.71. The highest BCUT2D eigenvalue weighted by Gasteiger charge is 2.09. The van der Waals surface area contributed by atoms with Crippen LogP contribution in [0.5, 0.6) is 0 Å². The lowest BCUT2D eigenvalue weighted by atomic mass is 10.1. The standard InChI is InChI=1S/C12H16BrNOS/c1-9-5-3-6-10(11(9)13)12(15)14-7-4-8-16-2/h3,5-6H,4,7-8H2,1-2H3,(H,14,15). The molecule has 0 fully saturated rings. The molecule has 1 aromatic carbocycles. The summed E-state index contributed by atoms with van der Waals surface area (Å²) in [7, 11) is 0. The molecular formula is C12H16BrNOS. The summed E-state index contributed by atoms with van der Waals surface area (Å²) >= 11 is 5.23. The van der Waals surface area contributed by atoms with Crippen molar-refractivity contribution < 1.29 is 4.79 Å². The van der Waals surface area contributed by atoms with E-state index in [1.54, 1.807) is 11.8 Å². The summed E-state index contributed by atoms with van der Waals surface area (Å²) in [6.07, 6.45) is 3.08. The lowest BCUT2D eigenvalue weighted by Gasteiger charge is -2.07. The molecule has 1 aromatic rings. The second-order valence-electron chi connectivity index (χ2n) is 3.54. The van der Waals surface area contributed by atoms with Crippen LogP contribution in [0.1, 0.15) is 22.3 Å². The third-order valence-corrected chi connectivity index (χ3v) is 4.00. The molecule has 0 saturated heterocycles. The second kappa shape index (κ2) is 6.97. The van der Waals surface area contributed by atoms with E-state index in [2.05, 4.69) is 27.5 Å². The van der Waals surface area contributed by atoms with E-state index in [0.29, 0.717) is 5.56 Å². The van der Waals surface area contributed by atoms with Crippen molar-refractivity contribution in [1.29, 1.82) is 0 Å². The van der Waals surface area contributed by atoms with E-state index in [0.717, 1.165) is 28.8 Å². The molecule has 0 radical (unpaired) electrons. The zero-order valence-electron chi connectivity index (χ0n) is 9.55. The first-order chi connectivity index (χ1) is 7.66. The van der Waals surface area contributed by atoms with Crippen molar-refractivity contribution in [2.75, 3.05) is 18.6 Å². The molecule has 1 rings (SSSR count). The first kappa shape index (κ1) is 13.6. The third kappa shape index (κ3) is 3.83. The first-order valence-corrected chi connectivity index (χ1v) is 7.37. The maximum Gasteiger partial charge on any atom is 0.252 e. The molecular weight excluding hydrogens is 286 g/mol. The normalized spacial score (nSPS) is 10.2. The smallest absolute Gasteiger partial charge is 0.252 e. The Kier molecular flexibility index (Phi) is 5.91. The van der Waals surface area contributed by atoms with Crippen molar-refractivity contribution in [2.24, 2.45) is 0 Å². The third-order valence-electron chi connectivity index (χ3n) is 2.25. The van der Waals surface area contributed by atoms with Crippen molar-refractivity contribution in [1.82, 2.24) is 5.32 Å². The maximum absolute atomic E-state index is 11.8. The fraction of sp³-hybridized carbons (Fsp3) is 0.417. The number of amides is 1. The van der Waals surface area contributed by atoms with Crippen molar-refractivity contribution >= 4 is 33.6 Å². The SMILES string of the molecule is CSCCCNC(=O)c1cccc(C)c1Br. The van der Waals surface area contributed by atoms with Crippen LogP contribution in [0.25, 0.3) is 0 Å². The molecule has 1 amide bonds. The number of thioether (sulfide) groups is 1. The molecule has 0 unspecified atom stereocenters. The zero-order chi connectivity index (χ0) is 12.0. The van der Waals surface area contributed by atoms with Crippen molar-refractivity contribution in [3.05, 3.63) is 33.8 Å². The van der Waals surface area contributed by atoms with Gasteiger partial charge < -0.3 is 5.32 Å². The van der Waals surface area contributed by atoms with Gasteiger partial charge in [0.15, 0.2) is 0 Å². The molecule has 1 N–H and O–H groups in total. The quantitative estimate of drug-likeness (QED) is 0.846. The number of aryl methyl sites for hydroxylation is 1. The number of benzene rings is 1. The molecule has 2 nitrogen and oxygen atoms in total. The van der Waals surface area contributed by atoms with E-state index >= 15 is 0 Å². The van der Waals surface area contributed by atoms with Crippen LogP contribution >= 0.6 is 27.7 Å². The number of hydrogen-bond donors (Lipinski definition) is 1. The molecule has 0 aliphatic carbocycles. The van der Waals surface area contributed by atoms with E-state index in [1.165, 1.54) is 0 Å². The summed E-state index contributed by atoms with van der Waals surface area (Å²) in [4.78, 5) is 11.8.